The maximum absolute atomic E-state index is 13.8. The van der Waals surface area contributed by atoms with E-state index >= 15 is 0 Å². The van der Waals surface area contributed by atoms with Crippen molar-refractivity contribution < 1.29 is 9.59 Å². The summed E-state index contributed by atoms with van der Waals surface area (Å²) in [7, 11) is 2.18. The number of carbonyl (C=O) groups is 2. The lowest BCUT2D eigenvalue weighted by molar-refractivity contribution is -0.0517. The van der Waals surface area contributed by atoms with Gasteiger partial charge in [-0.25, -0.2) is 4.79 Å². The monoisotopic (exact) mass is 437 g/mol. The van der Waals surface area contributed by atoms with Gasteiger partial charge in [0.15, 0.2) is 5.82 Å². The zero-order valence-corrected chi connectivity index (χ0v) is 19.2. The highest BCUT2D eigenvalue weighted by atomic mass is 16.2. The molecule has 5 rings (SSSR count). The van der Waals surface area contributed by atoms with Crippen LogP contribution in [0.4, 0.5) is 10.6 Å². The molecule has 2 fully saturated rings. The van der Waals surface area contributed by atoms with E-state index in [0.717, 1.165) is 37.2 Å². The summed E-state index contributed by atoms with van der Waals surface area (Å²) < 4.78 is 0. The van der Waals surface area contributed by atoms with Crippen LogP contribution in [0.1, 0.15) is 61.8 Å². The van der Waals surface area contributed by atoms with E-state index in [1.165, 1.54) is 6.42 Å². The molecule has 2 aromatic heterocycles. The number of hydrogen-bond acceptors (Lipinski definition) is 5. The van der Waals surface area contributed by atoms with Gasteiger partial charge in [0.2, 0.25) is 0 Å². The Kier molecular flexibility index (Phi) is 4.77. The van der Waals surface area contributed by atoms with Crippen LogP contribution in [-0.4, -0.2) is 73.5 Å². The van der Waals surface area contributed by atoms with Crippen LogP contribution in [-0.2, 0) is 12.1 Å². The minimum absolute atomic E-state index is 0.0495. The number of hydrogen-bond donors (Lipinski definition) is 2. The first-order valence-electron chi connectivity index (χ1n) is 11.3. The Bertz CT molecular complexity index is 1040. The zero-order chi connectivity index (χ0) is 22.7. The highest BCUT2D eigenvalue weighted by molar-refractivity contribution is 6.02. The molecule has 0 unspecified atom stereocenters. The third-order valence-electron chi connectivity index (χ3n) is 7.70. The normalized spacial score (nSPS) is 23.7. The molecule has 9 nitrogen and oxygen atoms in total. The van der Waals surface area contributed by atoms with Crippen LogP contribution in [0.15, 0.2) is 24.4 Å². The van der Waals surface area contributed by atoms with E-state index in [-0.39, 0.29) is 23.5 Å². The number of anilines is 1. The van der Waals surface area contributed by atoms with Gasteiger partial charge in [0.1, 0.15) is 5.69 Å². The molecule has 2 N–H and O–H groups in total. The summed E-state index contributed by atoms with van der Waals surface area (Å²) in [6, 6.07) is 5.39. The summed E-state index contributed by atoms with van der Waals surface area (Å²) >= 11 is 0. The molecule has 0 radical (unpaired) electrons. The molecule has 3 amide bonds. The van der Waals surface area contributed by atoms with E-state index in [9.17, 15) is 9.59 Å². The number of urea groups is 1. The van der Waals surface area contributed by atoms with E-state index in [0.29, 0.717) is 18.1 Å². The molecule has 1 atom stereocenters. The Balaban J connectivity index is 1.37. The van der Waals surface area contributed by atoms with E-state index in [2.05, 4.69) is 39.4 Å². The molecule has 1 saturated heterocycles. The number of likely N-dealkylation sites (N-methyl/N-ethyl adjacent to an activating group) is 1. The van der Waals surface area contributed by atoms with Gasteiger partial charge >= 0.3 is 6.03 Å². The number of rotatable bonds is 2. The van der Waals surface area contributed by atoms with Crippen molar-refractivity contribution in [2.45, 2.75) is 63.7 Å². The van der Waals surface area contributed by atoms with Gasteiger partial charge in [-0.05, 0) is 59.2 Å². The maximum atomic E-state index is 13.8. The van der Waals surface area contributed by atoms with Gasteiger partial charge in [-0.15, -0.1) is 0 Å². The number of piperazine rings is 1. The number of aromatic amines is 1. The molecule has 3 aliphatic rings. The van der Waals surface area contributed by atoms with E-state index in [1.54, 1.807) is 24.4 Å². The number of nitrogens with one attached hydrogen (secondary N) is 2. The molecule has 1 saturated carbocycles. The molecule has 2 aromatic rings. The van der Waals surface area contributed by atoms with Gasteiger partial charge in [0, 0.05) is 36.4 Å². The lowest BCUT2D eigenvalue weighted by Crippen LogP contribution is -2.69. The largest absolute Gasteiger partial charge is 0.321 e. The number of carbonyl (C=O) groups excluding carboxylic acids is 2. The Morgan fingerprint density at radius 3 is 2.69 bits per heavy atom. The van der Waals surface area contributed by atoms with Crippen LogP contribution in [0.25, 0.3) is 0 Å². The first kappa shape index (κ1) is 20.9. The fourth-order valence-corrected chi connectivity index (χ4v) is 5.41. The van der Waals surface area contributed by atoms with Crippen molar-refractivity contribution in [1.82, 2.24) is 29.9 Å². The van der Waals surface area contributed by atoms with Gasteiger partial charge in [-0.2, -0.15) is 5.10 Å². The van der Waals surface area contributed by atoms with Crippen LogP contribution >= 0.6 is 0 Å². The Hall–Kier alpha value is -2.94. The molecule has 2 aliphatic heterocycles. The topological polar surface area (TPSA) is 97.5 Å². The molecular weight excluding hydrogens is 406 g/mol. The molecule has 1 spiro atoms. The second kappa shape index (κ2) is 7.30. The summed E-state index contributed by atoms with van der Waals surface area (Å²) in [5, 5.41) is 10.3. The SMILES string of the molecule is C[C@H]1CN(C)C2(CCC2)CN1C(=O)N1Cc2c(NC(=O)c3ccccn3)n[nH]c2C1(C)C. The zero-order valence-electron chi connectivity index (χ0n) is 19.2. The maximum Gasteiger partial charge on any atom is 0.321 e. The van der Waals surface area contributed by atoms with Crippen LogP contribution in [0.3, 0.4) is 0 Å². The van der Waals surface area contributed by atoms with E-state index in [1.807, 2.05) is 23.6 Å². The minimum atomic E-state index is -0.552. The second-order valence-corrected chi connectivity index (χ2v) is 9.96. The van der Waals surface area contributed by atoms with Gasteiger partial charge in [-0.1, -0.05) is 6.07 Å². The smallest absolute Gasteiger partial charge is 0.319 e. The van der Waals surface area contributed by atoms with Gasteiger partial charge in [0.25, 0.3) is 5.91 Å². The molecular formula is C23H31N7O2. The highest BCUT2D eigenvalue weighted by Crippen LogP contribution is 2.44. The fraction of sp³-hybridized carbons (Fsp3) is 0.565. The first-order chi connectivity index (χ1) is 15.2. The average Bonchev–Trinajstić information content (AvgIpc) is 3.25. The summed E-state index contributed by atoms with van der Waals surface area (Å²) in [4.78, 5) is 36.9. The summed E-state index contributed by atoms with van der Waals surface area (Å²) in [6.07, 6.45) is 5.11. The quantitative estimate of drug-likeness (QED) is 0.753. The summed E-state index contributed by atoms with van der Waals surface area (Å²) in [5.41, 5.74) is 1.62. The van der Waals surface area contributed by atoms with Crippen molar-refractivity contribution >= 4 is 17.8 Å². The van der Waals surface area contributed by atoms with Crippen molar-refractivity contribution in [3.8, 4) is 0 Å². The molecule has 1 aliphatic carbocycles. The number of pyridine rings is 1. The number of aromatic nitrogens is 3. The predicted molar refractivity (Wildman–Crippen MR) is 120 cm³/mol. The van der Waals surface area contributed by atoms with Gasteiger partial charge < -0.3 is 15.1 Å². The second-order valence-electron chi connectivity index (χ2n) is 9.96. The van der Waals surface area contributed by atoms with Crippen LogP contribution < -0.4 is 5.32 Å². The summed E-state index contributed by atoms with van der Waals surface area (Å²) in [6.45, 7) is 8.24. The van der Waals surface area contributed by atoms with E-state index < -0.39 is 5.54 Å². The molecule has 4 heterocycles. The van der Waals surface area contributed by atoms with Crippen LogP contribution in [0, 0.1) is 0 Å². The summed E-state index contributed by atoms with van der Waals surface area (Å²) in [5.74, 6) is 0.142. The van der Waals surface area contributed by atoms with E-state index in [4.69, 9.17) is 0 Å². The number of H-pyrrole nitrogens is 1. The van der Waals surface area contributed by atoms with Crippen LogP contribution in [0.2, 0.25) is 0 Å². The van der Waals surface area contributed by atoms with Crippen molar-refractivity contribution in [3.05, 3.63) is 41.3 Å². The van der Waals surface area contributed by atoms with Gasteiger partial charge in [-0.3, -0.25) is 19.8 Å². The molecule has 32 heavy (non-hydrogen) atoms. The fourth-order valence-electron chi connectivity index (χ4n) is 5.41. The van der Waals surface area contributed by atoms with Crippen LogP contribution in [0.5, 0.6) is 0 Å². The van der Waals surface area contributed by atoms with Crippen molar-refractivity contribution in [1.29, 1.82) is 0 Å². The van der Waals surface area contributed by atoms with Gasteiger partial charge in [0.05, 0.1) is 17.8 Å². The number of amides is 3. The lowest BCUT2D eigenvalue weighted by atomic mass is 9.73. The molecule has 0 bridgehead atoms. The Morgan fingerprint density at radius 1 is 1.25 bits per heavy atom. The van der Waals surface area contributed by atoms with Crippen molar-refractivity contribution in [2.75, 3.05) is 25.5 Å². The standard InChI is InChI=1S/C23H31N7O2/c1-15-12-28(4)23(9-7-10-23)14-29(15)21(32)30-13-16-18(22(30,2)3)26-27-19(16)25-20(31)17-8-5-6-11-24-17/h5-6,8,11,15H,7,9-10,12-14H2,1-4H3,(H2,25,26,27,31)/t15-/m0/s1. The van der Waals surface area contributed by atoms with Crippen molar-refractivity contribution in [3.63, 3.8) is 0 Å². The minimum Gasteiger partial charge on any atom is -0.319 e. The van der Waals surface area contributed by atoms with Crippen molar-refractivity contribution in [2.24, 2.45) is 0 Å². The predicted octanol–water partition coefficient (Wildman–Crippen LogP) is 2.79. The highest BCUT2D eigenvalue weighted by Gasteiger charge is 2.51. The number of nitrogens with zero attached hydrogens (tertiary/aromatic N) is 5. The molecule has 170 valence electrons. The average molecular weight is 438 g/mol. The number of fused-ring (bicyclic) bond motifs is 1. The lowest BCUT2D eigenvalue weighted by Gasteiger charge is -2.57. The third kappa shape index (κ3) is 3.09. The third-order valence-corrected chi connectivity index (χ3v) is 7.70. The molecule has 9 heteroatoms. The Morgan fingerprint density at radius 2 is 2.03 bits per heavy atom. The molecule has 0 aromatic carbocycles. The first-order valence-corrected chi connectivity index (χ1v) is 11.3. The Labute approximate surface area is 188 Å².